The van der Waals surface area contributed by atoms with E-state index in [2.05, 4.69) is 4.98 Å². The van der Waals surface area contributed by atoms with Crippen molar-refractivity contribution in [2.24, 2.45) is 5.73 Å². The molecule has 2 heterocycles. The molecule has 2 atom stereocenters. The number of aromatic nitrogens is 1. The number of nitrogens with two attached hydrogens (primary N) is 1. The minimum atomic E-state index is -0.000869. The molecule has 0 radical (unpaired) electrons. The van der Waals surface area contributed by atoms with Crippen LogP contribution in [-0.2, 0) is 16.0 Å². The predicted molar refractivity (Wildman–Crippen MR) is 75.0 cm³/mol. The maximum atomic E-state index is 12.1. The maximum absolute atomic E-state index is 12.1. The fourth-order valence-corrected chi connectivity index (χ4v) is 3.01. The second-order valence-electron chi connectivity index (χ2n) is 4.84. The molecule has 0 bridgehead atoms. The van der Waals surface area contributed by atoms with Crippen LogP contribution < -0.4 is 5.73 Å². The minimum absolute atomic E-state index is 0.000869. The van der Waals surface area contributed by atoms with Crippen LogP contribution in [0.4, 0.5) is 0 Å². The number of likely N-dealkylation sites (tertiary alicyclic amines) is 1. The Balaban J connectivity index is 1.91. The lowest BCUT2D eigenvalue weighted by Crippen LogP contribution is -2.33. The second-order valence-corrected chi connectivity index (χ2v) is 5.73. The van der Waals surface area contributed by atoms with E-state index in [1.807, 2.05) is 24.1 Å². The zero-order valence-electron chi connectivity index (χ0n) is 11.5. The topological polar surface area (TPSA) is 68.5 Å². The summed E-state index contributed by atoms with van der Waals surface area (Å²) in [5.41, 5.74) is 6.64. The highest BCUT2D eigenvalue weighted by molar-refractivity contribution is 7.09. The molecule has 5 nitrogen and oxygen atoms in total. The largest absolute Gasteiger partial charge is 0.372 e. The van der Waals surface area contributed by atoms with Crippen molar-refractivity contribution in [3.05, 3.63) is 16.1 Å². The maximum Gasteiger partial charge on any atom is 0.228 e. The van der Waals surface area contributed by atoms with Gasteiger partial charge in [-0.1, -0.05) is 0 Å². The Morgan fingerprint density at radius 2 is 2.53 bits per heavy atom. The molecule has 0 spiro atoms. The number of hydrogen-bond donors (Lipinski definition) is 1. The molecule has 1 amide bonds. The van der Waals surface area contributed by atoms with Gasteiger partial charge in [-0.05, 0) is 20.3 Å². The van der Waals surface area contributed by atoms with Crippen LogP contribution in [0.5, 0.6) is 0 Å². The molecule has 0 unspecified atom stereocenters. The van der Waals surface area contributed by atoms with E-state index in [0.717, 1.165) is 23.7 Å². The Hall–Kier alpha value is -0.980. The molecule has 2 rings (SSSR count). The average molecular weight is 283 g/mol. The van der Waals surface area contributed by atoms with Gasteiger partial charge in [-0.25, -0.2) is 4.98 Å². The molecule has 1 aliphatic rings. The molecule has 2 N–H and O–H groups in total. The Bertz CT molecular complexity index is 435. The molecular formula is C13H21N3O2S. The Labute approximate surface area is 117 Å². The zero-order valence-corrected chi connectivity index (χ0v) is 12.3. The highest BCUT2D eigenvalue weighted by atomic mass is 32.1. The number of ether oxygens (including phenoxy) is 1. The smallest absolute Gasteiger partial charge is 0.228 e. The van der Waals surface area contributed by atoms with Crippen molar-refractivity contribution < 1.29 is 9.53 Å². The molecular weight excluding hydrogens is 262 g/mol. The number of rotatable bonds is 5. The van der Waals surface area contributed by atoms with Crippen LogP contribution in [0.3, 0.4) is 0 Å². The van der Waals surface area contributed by atoms with Gasteiger partial charge in [0.05, 0.1) is 12.1 Å². The normalized spacial score (nSPS) is 20.8. The van der Waals surface area contributed by atoms with Gasteiger partial charge in [0.2, 0.25) is 5.91 Å². The quantitative estimate of drug-likeness (QED) is 0.885. The molecule has 0 aliphatic carbocycles. The third-order valence-corrected chi connectivity index (χ3v) is 4.30. The molecule has 1 saturated heterocycles. The van der Waals surface area contributed by atoms with Crippen molar-refractivity contribution in [1.29, 1.82) is 0 Å². The van der Waals surface area contributed by atoms with Crippen LogP contribution in [0, 0.1) is 0 Å². The van der Waals surface area contributed by atoms with Gasteiger partial charge in [-0.3, -0.25) is 4.79 Å². The summed E-state index contributed by atoms with van der Waals surface area (Å²) in [6.45, 7) is 6.05. The molecule has 19 heavy (non-hydrogen) atoms. The van der Waals surface area contributed by atoms with Gasteiger partial charge in [-0.15, -0.1) is 11.3 Å². The summed E-state index contributed by atoms with van der Waals surface area (Å²) in [6.07, 6.45) is 1.26. The van der Waals surface area contributed by atoms with Crippen molar-refractivity contribution in [3.63, 3.8) is 0 Å². The van der Waals surface area contributed by atoms with Crippen LogP contribution in [-0.4, -0.2) is 41.5 Å². The van der Waals surface area contributed by atoms with Gasteiger partial charge in [0.15, 0.2) is 0 Å². The summed E-state index contributed by atoms with van der Waals surface area (Å²) in [7, 11) is 0. The summed E-state index contributed by atoms with van der Waals surface area (Å²) in [4.78, 5) is 18.4. The first kappa shape index (κ1) is 14.4. The number of carbonyl (C=O) groups excluding carboxylic acids is 1. The van der Waals surface area contributed by atoms with Gasteiger partial charge in [-0.2, -0.15) is 0 Å². The fraction of sp³-hybridized carbons (Fsp3) is 0.692. The number of amides is 1. The van der Waals surface area contributed by atoms with Gasteiger partial charge < -0.3 is 15.4 Å². The Morgan fingerprint density at radius 1 is 1.74 bits per heavy atom. The first-order valence-electron chi connectivity index (χ1n) is 6.69. The minimum Gasteiger partial charge on any atom is -0.372 e. The summed E-state index contributed by atoms with van der Waals surface area (Å²) in [5.74, 6) is 0.119. The molecule has 1 aliphatic heterocycles. The molecule has 0 aromatic carbocycles. The molecule has 0 saturated carbocycles. The molecule has 6 heteroatoms. The third kappa shape index (κ3) is 3.75. The van der Waals surface area contributed by atoms with Crippen molar-refractivity contribution >= 4 is 17.2 Å². The van der Waals surface area contributed by atoms with Crippen LogP contribution in [0.2, 0.25) is 0 Å². The summed E-state index contributed by atoms with van der Waals surface area (Å²) in [5, 5.41) is 2.88. The van der Waals surface area contributed by atoms with Crippen molar-refractivity contribution in [1.82, 2.24) is 9.88 Å². The fourth-order valence-electron chi connectivity index (χ4n) is 2.19. The van der Waals surface area contributed by atoms with E-state index in [1.54, 1.807) is 11.3 Å². The summed E-state index contributed by atoms with van der Waals surface area (Å²) >= 11 is 1.55. The lowest BCUT2D eigenvalue weighted by molar-refractivity contribution is -0.129. The van der Waals surface area contributed by atoms with E-state index in [0.29, 0.717) is 19.6 Å². The SMILES string of the molecule is CCO[C@@H](C)c1nc(CC(=O)N2CC[C@@H](N)C2)cs1. The second kappa shape index (κ2) is 6.45. The third-order valence-electron chi connectivity index (χ3n) is 3.24. The van der Waals surface area contributed by atoms with Crippen LogP contribution in [0.1, 0.15) is 37.1 Å². The van der Waals surface area contributed by atoms with Crippen molar-refractivity contribution in [3.8, 4) is 0 Å². The van der Waals surface area contributed by atoms with Gasteiger partial charge >= 0.3 is 0 Å². The summed E-state index contributed by atoms with van der Waals surface area (Å²) in [6, 6.07) is 0.132. The van der Waals surface area contributed by atoms with E-state index in [-0.39, 0.29) is 18.1 Å². The average Bonchev–Trinajstić information content (AvgIpc) is 2.98. The lowest BCUT2D eigenvalue weighted by atomic mass is 10.3. The van der Waals surface area contributed by atoms with Crippen molar-refractivity contribution in [2.45, 2.75) is 38.8 Å². The first-order valence-corrected chi connectivity index (χ1v) is 7.57. The molecule has 1 aromatic heterocycles. The number of hydrogen-bond acceptors (Lipinski definition) is 5. The monoisotopic (exact) mass is 283 g/mol. The van der Waals surface area contributed by atoms with E-state index < -0.39 is 0 Å². The van der Waals surface area contributed by atoms with Gasteiger partial charge in [0.1, 0.15) is 11.1 Å². The van der Waals surface area contributed by atoms with Crippen LogP contribution in [0.25, 0.3) is 0 Å². The Kier molecular flexibility index (Phi) is 4.90. The Morgan fingerprint density at radius 3 is 3.16 bits per heavy atom. The van der Waals surface area contributed by atoms with E-state index in [9.17, 15) is 4.79 Å². The van der Waals surface area contributed by atoms with Crippen LogP contribution >= 0.6 is 11.3 Å². The number of thiazole rings is 1. The molecule has 1 aromatic rings. The lowest BCUT2D eigenvalue weighted by Gasteiger charge is -2.14. The van der Waals surface area contributed by atoms with Gasteiger partial charge in [0.25, 0.3) is 0 Å². The van der Waals surface area contributed by atoms with Crippen molar-refractivity contribution in [2.75, 3.05) is 19.7 Å². The molecule has 1 fully saturated rings. The van der Waals surface area contributed by atoms with Crippen LogP contribution in [0.15, 0.2) is 5.38 Å². The zero-order chi connectivity index (χ0) is 13.8. The molecule has 106 valence electrons. The number of nitrogens with zero attached hydrogens (tertiary/aromatic N) is 2. The van der Waals surface area contributed by atoms with E-state index >= 15 is 0 Å². The first-order chi connectivity index (χ1) is 9.10. The van der Waals surface area contributed by atoms with Gasteiger partial charge in [0, 0.05) is 31.1 Å². The van der Waals surface area contributed by atoms with E-state index in [4.69, 9.17) is 10.5 Å². The number of carbonyl (C=O) groups is 1. The standard InChI is InChI=1S/C13H21N3O2S/c1-3-18-9(2)13-15-11(8-19-13)6-12(17)16-5-4-10(14)7-16/h8-10H,3-7,14H2,1-2H3/t9-,10+/m0/s1. The summed E-state index contributed by atoms with van der Waals surface area (Å²) < 4.78 is 5.50. The highest BCUT2D eigenvalue weighted by Gasteiger charge is 2.24. The van der Waals surface area contributed by atoms with E-state index in [1.165, 1.54) is 0 Å². The highest BCUT2D eigenvalue weighted by Crippen LogP contribution is 2.21. The predicted octanol–water partition coefficient (Wildman–Crippen LogP) is 1.34.